The van der Waals surface area contributed by atoms with Crippen LogP contribution >= 0.6 is 0 Å². The minimum atomic E-state index is -4.01. The molecule has 0 radical (unpaired) electrons. The second kappa shape index (κ2) is 13.8. The van der Waals surface area contributed by atoms with Crippen molar-refractivity contribution in [3.05, 3.63) is 47.4 Å². The molecule has 2 saturated carbocycles. The summed E-state index contributed by atoms with van der Waals surface area (Å²) in [7, 11) is -4.01. The van der Waals surface area contributed by atoms with Gasteiger partial charge in [0, 0.05) is 35.9 Å². The highest BCUT2D eigenvalue weighted by atomic mass is 32.2. The van der Waals surface area contributed by atoms with Gasteiger partial charge in [-0.15, -0.1) is 0 Å². The molecule has 292 valence electrons. The normalized spacial score (nSPS) is 29.9. The smallest absolute Gasteiger partial charge is 0.407 e. The molecule has 7 rings (SSSR count). The molecule has 1 saturated heterocycles. The molecule has 5 aliphatic rings. The summed E-state index contributed by atoms with van der Waals surface area (Å²) in [5.41, 5.74) is -0.729. The molecule has 1 aromatic heterocycles. The predicted molar refractivity (Wildman–Crippen MR) is 197 cm³/mol. The number of fused-ring (bicyclic) bond motifs is 5. The fraction of sp³-hybridized carbons (Fsp3) is 0.615. The third kappa shape index (κ3) is 6.92. The first-order valence-corrected chi connectivity index (χ1v) is 20.6. The summed E-state index contributed by atoms with van der Waals surface area (Å²) >= 11 is 0. The van der Waals surface area contributed by atoms with Gasteiger partial charge in [-0.3, -0.25) is 24.0 Å². The molecule has 0 unspecified atom stereocenters. The molecule has 0 bridgehead atoms. The van der Waals surface area contributed by atoms with Crippen LogP contribution in [0.1, 0.15) is 96.2 Å². The largest absolute Gasteiger partial charge is 0.483 e. The lowest BCUT2D eigenvalue weighted by Gasteiger charge is -2.37. The molecule has 5 atom stereocenters. The Morgan fingerprint density at radius 2 is 1.93 bits per heavy atom. The van der Waals surface area contributed by atoms with Crippen LogP contribution in [0.3, 0.4) is 0 Å². The maximum absolute atomic E-state index is 14.9. The van der Waals surface area contributed by atoms with E-state index in [4.69, 9.17) is 4.74 Å². The van der Waals surface area contributed by atoms with Crippen LogP contribution in [0.5, 0.6) is 5.75 Å². The van der Waals surface area contributed by atoms with Crippen molar-refractivity contribution >= 4 is 44.7 Å². The first kappa shape index (κ1) is 38.0. The number of sulfonamides is 1. The van der Waals surface area contributed by atoms with E-state index in [1.807, 2.05) is 26.0 Å². The van der Waals surface area contributed by atoms with Gasteiger partial charge in [0.05, 0.1) is 22.5 Å². The Bertz CT molecular complexity index is 2040. The summed E-state index contributed by atoms with van der Waals surface area (Å²) in [6.45, 7) is 7.19. The number of aryl methyl sites for hydroxylation is 2. The lowest BCUT2D eigenvalue weighted by molar-refractivity contribution is -0.143. The third-order valence-corrected chi connectivity index (χ3v) is 14.3. The van der Waals surface area contributed by atoms with Gasteiger partial charge < -0.3 is 20.1 Å². The molecule has 4 heterocycles. The number of amides is 4. The number of benzene rings is 1. The van der Waals surface area contributed by atoms with Gasteiger partial charge >= 0.3 is 6.09 Å². The Balaban J connectivity index is 1.26. The van der Waals surface area contributed by atoms with E-state index in [-0.39, 0.29) is 38.3 Å². The number of allylic oxidation sites excluding steroid dienone is 1. The number of nitrogens with zero attached hydrogens (tertiary/aromatic N) is 3. The number of rotatable bonds is 6. The number of carboxylic acid groups (broad SMARTS) is 1. The van der Waals surface area contributed by atoms with Gasteiger partial charge in [0.15, 0.2) is 0 Å². The summed E-state index contributed by atoms with van der Waals surface area (Å²) in [6, 6.07) is 2.19. The van der Waals surface area contributed by atoms with Gasteiger partial charge in [0.2, 0.25) is 21.8 Å². The van der Waals surface area contributed by atoms with Crippen molar-refractivity contribution in [2.75, 3.05) is 13.1 Å². The lowest BCUT2D eigenvalue weighted by atomic mass is 9.87. The summed E-state index contributed by atoms with van der Waals surface area (Å²) in [5.74, 6) is -2.41. The summed E-state index contributed by atoms with van der Waals surface area (Å²) in [5, 5.41) is 14.0. The summed E-state index contributed by atoms with van der Waals surface area (Å²) in [6.07, 6.45) is 7.54. The number of carbonyl (C=O) groups excluding carboxylic acids is 3. The van der Waals surface area contributed by atoms with Crippen molar-refractivity contribution in [2.24, 2.45) is 11.8 Å². The fourth-order valence-corrected chi connectivity index (χ4v) is 9.85. The molecule has 4 amide bonds. The monoisotopic (exact) mass is 767 g/mol. The zero-order chi connectivity index (χ0) is 38.8. The van der Waals surface area contributed by atoms with E-state index < -0.39 is 73.5 Å². The zero-order valence-corrected chi connectivity index (χ0v) is 32.1. The molecule has 13 nitrogen and oxygen atoms in total. The topological polar surface area (TPSA) is 175 Å². The number of ether oxygens (including phenoxy) is 1. The summed E-state index contributed by atoms with van der Waals surface area (Å²) < 4.78 is 48.5. The second-order valence-electron chi connectivity index (χ2n) is 16.7. The highest BCUT2D eigenvalue weighted by molar-refractivity contribution is 7.91. The third-order valence-electron chi connectivity index (χ3n) is 12.1. The van der Waals surface area contributed by atoms with Gasteiger partial charge in [-0.1, -0.05) is 38.8 Å². The Kier molecular flexibility index (Phi) is 9.71. The summed E-state index contributed by atoms with van der Waals surface area (Å²) in [4.78, 5) is 63.4. The molecular weight excluding hydrogens is 718 g/mol. The minimum absolute atomic E-state index is 0.0227. The van der Waals surface area contributed by atoms with Crippen LogP contribution in [0.15, 0.2) is 30.4 Å². The average molecular weight is 768 g/mol. The number of nitrogens with one attached hydrogen (secondary N) is 2. The van der Waals surface area contributed by atoms with Gasteiger partial charge in [-0.2, -0.15) is 0 Å². The van der Waals surface area contributed by atoms with E-state index in [1.165, 1.54) is 21.9 Å². The zero-order valence-electron chi connectivity index (χ0n) is 31.3. The van der Waals surface area contributed by atoms with Crippen molar-refractivity contribution in [3.63, 3.8) is 0 Å². The van der Waals surface area contributed by atoms with E-state index >= 15 is 0 Å². The van der Waals surface area contributed by atoms with Crippen LogP contribution in [0.25, 0.3) is 10.9 Å². The van der Waals surface area contributed by atoms with Crippen molar-refractivity contribution < 1.29 is 41.8 Å². The Morgan fingerprint density at radius 1 is 1.17 bits per heavy atom. The highest BCUT2D eigenvalue weighted by Gasteiger charge is 2.64. The van der Waals surface area contributed by atoms with E-state index in [1.54, 1.807) is 19.9 Å². The fourth-order valence-electron chi connectivity index (χ4n) is 8.54. The first-order valence-electron chi connectivity index (χ1n) is 19.1. The number of hydrogen-bond donors (Lipinski definition) is 3. The van der Waals surface area contributed by atoms with Crippen LogP contribution in [-0.2, 0) is 30.8 Å². The van der Waals surface area contributed by atoms with Gasteiger partial charge in [0.25, 0.3) is 5.91 Å². The van der Waals surface area contributed by atoms with Crippen molar-refractivity contribution in [3.8, 4) is 5.75 Å². The first-order chi connectivity index (χ1) is 25.5. The Labute approximate surface area is 315 Å². The quantitative estimate of drug-likeness (QED) is 0.351. The maximum Gasteiger partial charge on any atom is 0.407 e. The van der Waals surface area contributed by atoms with Crippen LogP contribution in [0.4, 0.5) is 9.18 Å². The maximum atomic E-state index is 14.9. The van der Waals surface area contributed by atoms with Crippen LogP contribution < -0.4 is 14.8 Å². The molecule has 1 aromatic carbocycles. The minimum Gasteiger partial charge on any atom is -0.483 e. The highest BCUT2D eigenvalue weighted by Crippen LogP contribution is 2.49. The number of carbonyl (C=O) groups is 4. The predicted octanol–water partition coefficient (Wildman–Crippen LogP) is 4.75. The molecule has 15 heteroatoms. The SMILES string of the molecule is Cc1nc2cc(F)ccc2c2c1O[C@]1(CC2)C[C@H]2C(=O)N[C@]3(C(=O)NS(=O)(=O)C4(C)CC4)C[C@H]3/C=C\CCCCC[C@H](N(CC(C)C)C(=O)O)C(=O)N2C1. The molecule has 1 spiro atoms. The van der Waals surface area contributed by atoms with Crippen molar-refractivity contribution in [2.45, 2.75) is 126 Å². The molecule has 2 aliphatic carbocycles. The van der Waals surface area contributed by atoms with E-state index in [2.05, 4.69) is 15.0 Å². The number of hydrogen-bond acceptors (Lipinski definition) is 8. The number of halogens is 1. The van der Waals surface area contributed by atoms with E-state index in [0.29, 0.717) is 55.5 Å². The number of pyridine rings is 1. The van der Waals surface area contributed by atoms with Crippen molar-refractivity contribution in [1.82, 2.24) is 24.8 Å². The average Bonchev–Trinajstić information content (AvgIpc) is 3.99. The van der Waals surface area contributed by atoms with Gasteiger partial charge in [-0.05, 0) is 83.3 Å². The van der Waals surface area contributed by atoms with Gasteiger partial charge in [0.1, 0.15) is 34.8 Å². The molecule has 3 N–H and O–H groups in total. The lowest BCUT2D eigenvalue weighted by Crippen LogP contribution is -2.59. The van der Waals surface area contributed by atoms with Crippen LogP contribution in [0.2, 0.25) is 0 Å². The molecule has 3 aliphatic heterocycles. The standard InChI is InChI=1S/C39H50FN5O8S/c1-23(2)21-44(36(49)50)30-11-9-7-5-6-8-10-25-19-39(25,35(48)43-54(51,52)37(4)16-17-37)42-33(46)31-20-38(22-45(31)34(30)47)15-14-28-27-13-12-26(40)18-29(27)41-24(3)32(28)53-38/h8,10,12-13,18,23,25,30-31H,5-7,9,11,14-17,19-22H2,1-4H3,(H,42,46)(H,43,48)(H,49,50)/b10-8-/t25-,30+,31+,38-,39-/m1/s1. The van der Waals surface area contributed by atoms with Crippen LogP contribution in [0, 0.1) is 24.6 Å². The molecule has 2 aromatic rings. The molecule has 54 heavy (non-hydrogen) atoms. The second-order valence-corrected chi connectivity index (χ2v) is 18.9. The molecular formula is C39H50FN5O8S. The van der Waals surface area contributed by atoms with E-state index in [0.717, 1.165) is 23.8 Å². The van der Waals surface area contributed by atoms with Crippen molar-refractivity contribution in [1.29, 1.82) is 0 Å². The number of aromatic nitrogens is 1. The van der Waals surface area contributed by atoms with Crippen LogP contribution in [-0.4, -0.2) is 93.2 Å². The Morgan fingerprint density at radius 3 is 2.63 bits per heavy atom. The Hall–Kier alpha value is -4.27. The van der Waals surface area contributed by atoms with Gasteiger partial charge in [-0.25, -0.2) is 22.6 Å². The van der Waals surface area contributed by atoms with E-state index in [9.17, 15) is 37.1 Å². The molecule has 3 fully saturated rings.